The van der Waals surface area contributed by atoms with Gasteiger partial charge < -0.3 is 15.0 Å². The summed E-state index contributed by atoms with van der Waals surface area (Å²) in [5.74, 6) is -1.32. The molecule has 20 heavy (non-hydrogen) atoms. The highest BCUT2D eigenvalue weighted by Gasteiger charge is 2.12. The Balaban J connectivity index is 2.57. The molecule has 7 nitrogen and oxygen atoms in total. The molecule has 0 aromatic heterocycles. The Morgan fingerprint density at radius 1 is 1.25 bits per heavy atom. The van der Waals surface area contributed by atoms with Gasteiger partial charge in [0.15, 0.2) is 6.61 Å². The van der Waals surface area contributed by atoms with Crippen molar-refractivity contribution in [3.63, 3.8) is 0 Å². The van der Waals surface area contributed by atoms with Crippen LogP contribution in [0, 0.1) is 0 Å². The number of rotatable bonds is 4. The van der Waals surface area contributed by atoms with Crippen LogP contribution >= 0.6 is 0 Å². The van der Waals surface area contributed by atoms with Gasteiger partial charge in [0.05, 0.1) is 5.56 Å². The van der Waals surface area contributed by atoms with Crippen molar-refractivity contribution in [2.75, 3.05) is 32.6 Å². The van der Waals surface area contributed by atoms with Crippen LogP contribution in [0.2, 0.25) is 0 Å². The molecule has 0 saturated carbocycles. The Morgan fingerprint density at radius 2 is 1.95 bits per heavy atom. The number of urea groups is 1. The quantitative estimate of drug-likeness (QED) is 0.777. The molecule has 0 unspecified atom stereocenters. The van der Waals surface area contributed by atoms with E-state index in [1.807, 2.05) is 30.4 Å². The first-order valence-corrected chi connectivity index (χ1v) is 5.90. The van der Waals surface area contributed by atoms with Gasteiger partial charge in [-0.3, -0.25) is 10.1 Å². The molecule has 0 spiro atoms. The summed E-state index contributed by atoms with van der Waals surface area (Å²) in [6, 6.07) is 6.15. The summed E-state index contributed by atoms with van der Waals surface area (Å²) in [5, 5.41) is 4.21. The van der Waals surface area contributed by atoms with Gasteiger partial charge in [-0.25, -0.2) is 9.59 Å². The molecule has 0 heterocycles. The lowest BCUT2D eigenvalue weighted by Crippen LogP contribution is -2.39. The Kier molecular flexibility index (Phi) is 5.52. The van der Waals surface area contributed by atoms with Crippen LogP contribution in [0.15, 0.2) is 24.3 Å². The molecule has 108 valence electrons. The van der Waals surface area contributed by atoms with Gasteiger partial charge in [0.25, 0.3) is 5.91 Å². The largest absolute Gasteiger partial charge is 0.452 e. The normalized spacial score (nSPS) is 9.55. The number of amides is 3. The van der Waals surface area contributed by atoms with Crippen LogP contribution in [-0.4, -0.2) is 45.7 Å². The minimum atomic E-state index is -0.693. The molecule has 0 aliphatic heterocycles. The fourth-order valence-corrected chi connectivity index (χ4v) is 1.35. The van der Waals surface area contributed by atoms with Crippen LogP contribution in [0.5, 0.6) is 0 Å². The van der Waals surface area contributed by atoms with E-state index in [0.29, 0.717) is 5.56 Å². The molecule has 1 aromatic rings. The van der Waals surface area contributed by atoms with Gasteiger partial charge in [0, 0.05) is 26.8 Å². The number of hydrogen-bond acceptors (Lipinski definition) is 5. The van der Waals surface area contributed by atoms with Gasteiger partial charge in [-0.05, 0) is 18.2 Å². The highest BCUT2D eigenvalue weighted by molar-refractivity contribution is 5.97. The number of nitrogens with zero attached hydrogens (tertiary/aromatic N) is 1. The Morgan fingerprint density at radius 3 is 2.55 bits per heavy atom. The van der Waals surface area contributed by atoms with Crippen molar-refractivity contribution in [3.05, 3.63) is 29.8 Å². The van der Waals surface area contributed by atoms with Crippen LogP contribution in [0.1, 0.15) is 10.4 Å². The summed E-state index contributed by atoms with van der Waals surface area (Å²) in [5.41, 5.74) is 1.18. The zero-order valence-corrected chi connectivity index (χ0v) is 11.6. The minimum Gasteiger partial charge on any atom is -0.452 e. The zero-order valence-electron chi connectivity index (χ0n) is 11.6. The first-order chi connectivity index (χ1) is 9.43. The maximum atomic E-state index is 11.8. The van der Waals surface area contributed by atoms with Gasteiger partial charge in [-0.1, -0.05) is 6.07 Å². The van der Waals surface area contributed by atoms with E-state index in [4.69, 9.17) is 4.74 Å². The van der Waals surface area contributed by atoms with Gasteiger partial charge >= 0.3 is 12.0 Å². The summed E-state index contributed by atoms with van der Waals surface area (Å²) in [7, 11) is 5.07. The molecule has 7 heteroatoms. The number of benzene rings is 1. The topological polar surface area (TPSA) is 87.7 Å². The first kappa shape index (κ1) is 15.5. The second-order valence-corrected chi connectivity index (χ2v) is 4.15. The van der Waals surface area contributed by atoms with Crippen molar-refractivity contribution in [3.8, 4) is 0 Å². The summed E-state index contributed by atoms with van der Waals surface area (Å²) in [6.45, 7) is -0.515. The molecule has 1 rings (SSSR count). The number of esters is 1. The first-order valence-electron chi connectivity index (χ1n) is 5.90. The molecule has 3 amide bonds. The molecular formula is C13H17N3O4. The average Bonchev–Trinajstić information content (AvgIpc) is 2.44. The van der Waals surface area contributed by atoms with Crippen LogP contribution in [0.3, 0.4) is 0 Å². The molecule has 0 fully saturated rings. The van der Waals surface area contributed by atoms with Crippen molar-refractivity contribution in [1.29, 1.82) is 0 Å². The highest BCUT2D eigenvalue weighted by Crippen LogP contribution is 2.14. The Bertz CT molecular complexity index is 514. The number of anilines is 1. The van der Waals surface area contributed by atoms with E-state index in [1.54, 1.807) is 18.2 Å². The van der Waals surface area contributed by atoms with E-state index >= 15 is 0 Å². The van der Waals surface area contributed by atoms with E-state index in [1.165, 1.54) is 7.05 Å². The smallest absolute Gasteiger partial charge is 0.338 e. The summed E-state index contributed by atoms with van der Waals surface area (Å²) >= 11 is 0. The Hall–Kier alpha value is -2.57. The number of nitrogens with one attached hydrogen (secondary N) is 2. The van der Waals surface area contributed by atoms with E-state index in [0.717, 1.165) is 5.69 Å². The highest BCUT2D eigenvalue weighted by atomic mass is 16.5. The van der Waals surface area contributed by atoms with Gasteiger partial charge in [-0.15, -0.1) is 0 Å². The predicted octanol–water partition coefficient (Wildman–Crippen LogP) is 0.365. The predicted molar refractivity (Wildman–Crippen MR) is 73.6 cm³/mol. The lowest BCUT2D eigenvalue weighted by atomic mass is 10.2. The van der Waals surface area contributed by atoms with Crippen molar-refractivity contribution in [2.45, 2.75) is 0 Å². The van der Waals surface area contributed by atoms with Crippen molar-refractivity contribution in [2.24, 2.45) is 0 Å². The summed E-state index contributed by atoms with van der Waals surface area (Å²) in [6.07, 6.45) is 0. The lowest BCUT2D eigenvalue weighted by molar-refractivity contribution is -0.123. The molecule has 0 aliphatic carbocycles. The number of imide groups is 1. The number of hydrogen-bond donors (Lipinski definition) is 2. The van der Waals surface area contributed by atoms with Crippen LogP contribution in [-0.2, 0) is 9.53 Å². The molecule has 0 bridgehead atoms. The maximum Gasteiger partial charge on any atom is 0.338 e. The standard InChI is InChI=1S/C13H17N3O4/c1-14-13(19)15-11(17)8-20-12(18)9-5-4-6-10(7-9)16(2)3/h4-7H,8H2,1-3H3,(H2,14,15,17,19). The van der Waals surface area contributed by atoms with E-state index < -0.39 is 24.5 Å². The maximum absolute atomic E-state index is 11.8. The molecule has 0 atom stereocenters. The van der Waals surface area contributed by atoms with Crippen molar-refractivity contribution < 1.29 is 19.1 Å². The average molecular weight is 279 g/mol. The number of carbonyl (C=O) groups excluding carboxylic acids is 3. The molecular weight excluding hydrogens is 262 g/mol. The van der Waals surface area contributed by atoms with Crippen LogP contribution in [0.25, 0.3) is 0 Å². The SMILES string of the molecule is CNC(=O)NC(=O)COC(=O)c1cccc(N(C)C)c1. The van der Waals surface area contributed by atoms with Gasteiger partial charge in [0.2, 0.25) is 0 Å². The minimum absolute atomic E-state index is 0.337. The van der Waals surface area contributed by atoms with Crippen LogP contribution < -0.4 is 15.5 Å². The number of ether oxygens (including phenoxy) is 1. The molecule has 0 aliphatic rings. The van der Waals surface area contributed by atoms with E-state index in [2.05, 4.69) is 5.32 Å². The molecule has 2 N–H and O–H groups in total. The van der Waals surface area contributed by atoms with Gasteiger partial charge in [0.1, 0.15) is 0 Å². The third-order valence-electron chi connectivity index (χ3n) is 2.41. The lowest BCUT2D eigenvalue weighted by Gasteiger charge is -2.13. The fraction of sp³-hybridized carbons (Fsp3) is 0.308. The van der Waals surface area contributed by atoms with E-state index in [-0.39, 0.29) is 0 Å². The third kappa shape index (κ3) is 4.60. The zero-order chi connectivity index (χ0) is 15.1. The Labute approximate surface area is 116 Å². The second kappa shape index (κ2) is 7.13. The van der Waals surface area contributed by atoms with Crippen molar-refractivity contribution in [1.82, 2.24) is 10.6 Å². The van der Waals surface area contributed by atoms with Crippen LogP contribution in [0.4, 0.5) is 10.5 Å². The van der Waals surface area contributed by atoms with E-state index in [9.17, 15) is 14.4 Å². The van der Waals surface area contributed by atoms with Crippen molar-refractivity contribution >= 4 is 23.6 Å². The fourth-order valence-electron chi connectivity index (χ4n) is 1.35. The molecule has 0 radical (unpaired) electrons. The number of carbonyl (C=O) groups is 3. The monoisotopic (exact) mass is 279 g/mol. The third-order valence-corrected chi connectivity index (χ3v) is 2.41. The summed E-state index contributed by atoms with van der Waals surface area (Å²) in [4.78, 5) is 35.7. The second-order valence-electron chi connectivity index (χ2n) is 4.15. The molecule has 1 aromatic carbocycles. The van der Waals surface area contributed by atoms with Gasteiger partial charge in [-0.2, -0.15) is 0 Å². The molecule has 0 saturated heterocycles. The summed E-state index contributed by atoms with van der Waals surface area (Å²) < 4.78 is 4.82.